The molecule has 0 saturated heterocycles. The van der Waals surface area contributed by atoms with Gasteiger partial charge in [0, 0.05) is 24.4 Å². The van der Waals surface area contributed by atoms with Crippen molar-refractivity contribution in [3.63, 3.8) is 0 Å². The van der Waals surface area contributed by atoms with E-state index in [1.54, 1.807) is 24.3 Å². The molecule has 0 fully saturated rings. The lowest BCUT2D eigenvalue weighted by molar-refractivity contribution is -0.384. The molecule has 1 N–H and O–H groups in total. The van der Waals surface area contributed by atoms with Crippen molar-refractivity contribution in [3.8, 4) is 5.75 Å². The molecule has 3 aromatic carbocycles. The first-order valence-electron chi connectivity index (χ1n) is 8.15. The maximum absolute atomic E-state index is 13.2. The van der Waals surface area contributed by atoms with E-state index >= 15 is 0 Å². The summed E-state index contributed by atoms with van der Waals surface area (Å²) >= 11 is 5.76. The Kier molecular flexibility index (Phi) is 5.88. The molecule has 0 aromatic heterocycles. The summed E-state index contributed by atoms with van der Waals surface area (Å²) in [6, 6.07) is 18.3. The number of nitro groups is 1. The van der Waals surface area contributed by atoms with Crippen LogP contribution in [0, 0.1) is 15.9 Å². The molecule has 138 valence electrons. The Hall–Kier alpha value is -3.12. The number of non-ortho nitro benzene ring substituents is 1. The Balaban J connectivity index is 1.52. The second kappa shape index (κ2) is 8.51. The van der Waals surface area contributed by atoms with Crippen LogP contribution in [-0.2, 0) is 13.2 Å². The molecule has 0 aliphatic carbocycles. The van der Waals surface area contributed by atoms with Crippen molar-refractivity contribution < 1.29 is 14.1 Å². The van der Waals surface area contributed by atoms with Gasteiger partial charge < -0.3 is 10.1 Å². The Morgan fingerprint density at radius 3 is 2.30 bits per heavy atom. The molecular formula is C20H16ClFN2O3. The molecule has 27 heavy (non-hydrogen) atoms. The third-order valence-corrected chi connectivity index (χ3v) is 4.18. The van der Waals surface area contributed by atoms with Crippen molar-refractivity contribution in [1.82, 2.24) is 0 Å². The van der Waals surface area contributed by atoms with Gasteiger partial charge in [-0.1, -0.05) is 23.7 Å². The largest absolute Gasteiger partial charge is 0.489 e. The number of nitrogens with zero attached hydrogens (tertiary/aromatic N) is 1. The fourth-order valence-electron chi connectivity index (χ4n) is 2.39. The van der Waals surface area contributed by atoms with Crippen molar-refractivity contribution in [3.05, 3.63) is 98.8 Å². The summed E-state index contributed by atoms with van der Waals surface area (Å²) in [4.78, 5) is 10.2. The van der Waals surface area contributed by atoms with Crippen LogP contribution in [0.15, 0.2) is 66.7 Å². The Morgan fingerprint density at radius 1 is 1.00 bits per heavy atom. The molecule has 0 heterocycles. The molecule has 3 aromatic rings. The number of rotatable bonds is 7. The number of anilines is 1. The van der Waals surface area contributed by atoms with E-state index in [1.807, 2.05) is 24.3 Å². The van der Waals surface area contributed by atoms with E-state index in [0.29, 0.717) is 18.9 Å². The summed E-state index contributed by atoms with van der Waals surface area (Å²) in [6.45, 7) is 0.883. The lowest BCUT2D eigenvalue weighted by atomic mass is 10.2. The molecule has 7 heteroatoms. The molecular weight excluding hydrogens is 371 g/mol. The van der Waals surface area contributed by atoms with Crippen LogP contribution in [0.5, 0.6) is 5.75 Å². The van der Waals surface area contributed by atoms with E-state index in [9.17, 15) is 14.5 Å². The highest BCUT2D eigenvalue weighted by Gasteiger charge is 2.05. The van der Waals surface area contributed by atoms with Gasteiger partial charge in [0.1, 0.15) is 18.2 Å². The predicted molar refractivity (Wildman–Crippen MR) is 103 cm³/mol. The zero-order valence-corrected chi connectivity index (χ0v) is 14.9. The van der Waals surface area contributed by atoms with Crippen LogP contribution >= 0.6 is 11.6 Å². The number of hydrogen-bond donors (Lipinski definition) is 1. The summed E-state index contributed by atoms with van der Waals surface area (Å²) in [6.07, 6.45) is 0. The van der Waals surface area contributed by atoms with Crippen molar-refractivity contribution in [1.29, 1.82) is 0 Å². The maximum Gasteiger partial charge on any atom is 0.269 e. The van der Waals surface area contributed by atoms with Gasteiger partial charge in [0.25, 0.3) is 5.69 Å². The fraction of sp³-hybridized carbons (Fsp3) is 0.100. The third-order valence-electron chi connectivity index (χ3n) is 3.89. The number of ether oxygens (including phenoxy) is 1. The smallest absolute Gasteiger partial charge is 0.269 e. The van der Waals surface area contributed by atoms with Gasteiger partial charge in [-0.15, -0.1) is 0 Å². The number of benzene rings is 3. The van der Waals surface area contributed by atoms with Gasteiger partial charge in [-0.3, -0.25) is 10.1 Å². The molecule has 0 aliphatic heterocycles. The first-order chi connectivity index (χ1) is 13.0. The quantitative estimate of drug-likeness (QED) is 0.425. The molecule has 0 saturated carbocycles. The zero-order valence-electron chi connectivity index (χ0n) is 14.2. The van der Waals surface area contributed by atoms with Gasteiger partial charge in [0.05, 0.1) is 9.95 Å². The van der Waals surface area contributed by atoms with E-state index in [2.05, 4.69) is 5.32 Å². The maximum atomic E-state index is 13.2. The number of nitrogens with one attached hydrogen (secondary N) is 1. The highest BCUT2D eigenvalue weighted by atomic mass is 35.5. The number of hydrogen-bond acceptors (Lipinski definition) is 4. The van der Waals surface area contributed by atoms with Gasteiger partial charge in [0.2, 0.25) is 0 Å². The molecule has 0 unspecified atom stereocenters. The highest BCUT2D eigenvalue weighted by molar-refractivity contribution is 6.31. The van der Waals surface area contributed by atoms with Crippen LogP contribution in [0.25, 0.3) is 0 Å². The van der Waals surface area contributed by atoms with Gasteiger partial charge in [0.15, 0.2) is 0 Å². The van der Waals surface area contributed by atoms with Crippen molar-refractivity contribution in [2.45, 2.75) is 13.2 Å². The van der Waals surface area contributed by atoms with E-state index in [4.69, 9.17) is 16.3 Å². The molecule has 0 spiro atoms. The Bertz CT molecular complexity index is 931. The minimum atomic E-state index is -0.447. The average molecular weight is 387 g/mol. The monoisotopic (exact) mass is 386 g/mol. The SMILES string of the molecule is O=[N+]([O-])c1ccc(COc2ccc(CNc3ccc(F)c(Cl)c3)cc2)cc1. The molecule has 0 radical (unpaired) electrons. The van der Waals surface area contributed by atoms with Crippen LogP contribution < -0.4 is 10.1 Å². The van der Waals surface area contributed by atoms with Crippen molar-refractivity contribution >= 4 is 23.0 Å². The fourth-order valence-corrected chi connectivity index (χ4v) is 2.57. The van der Waals surface area contributed by atoms with Gasteiger partial charge in [-0.2, -0.15) is 0 Å². The molecule has 0 bridgehead atoms. The Morgan fingerprint density at radius 2 is 1.67 bits per heavy atom. The van der Waals surface area contributed by atoms with Crippen LogP contribution in [0.1, 0.15) is 11.1 Å². The minimum Gasteiger partial charge on any atom is -0.489 e. The minimum absolute atomic E-state index is 0.0537. The standard InChI is InChI=1S/C20H16ClFN2O3/c21-19-11-16(5-10-20(19)22)23-12-14-3-8-18(9-4-14)27-13-15-1-6-17(7-2-15)24(25)26/h1-11,23H,12-13H2. The first-order valence-corrected chi connectivity index (χ1v) is 8.53. The van der Waals surface area contributed by atoms with Crippen molar-refractivity contribution in [2.75, 3.05) is 5.32 Å². The van der Waals surface area contributed by atoms with Gasteiger partial charge in [-0.05, 0) is 53.6 Å². The van der Waals surface area contributed by atoms with Crippen LogP contribution in [0.4, 0.5) is 15.8 Å². The highest BCUT2D eigenvalue weighted by Crippen LogP contribution is 2.21. The topological polar surface area (TPSA) is 64.4 Å². The summed E-state index contributed by atoms with van der Waals surface area (Å²) < 4.78 is 18.8. The Labute approximate surface area is 160 Å². The number of nitro benzene ring substituents is 1. The summed E-state index contributed by atoms with van der Waals surface area (Å²) in [5, 5.41) is 13.9. The lowest BCUT2D eigenvalue weighted by Gasteiger charge is -2.09. The van der Waals surface area contributed by atoms with E-state index in [0.717, 1.165) is 16.8 Å². The zero-order chi connectivity index (χ0) is 19.2. The van der Waals surface area contributed by atoms with Crippen molar-refractivity contribution in [2.24, 2.45) is 0 Å². The normalized spacial score (nSPS) is 10.4. The first kappa shape index (κ1) is 18.7. The molecule has 3 rings (SSSR count). The molecule has 0 amide bonds. The van der Waals surface area contributed by atoms with Gasteiger partial charge >= 0.3 is 0 Å². The molecule has 0 aliphatic rings. The second-order valence-corrected chi connectivity index (χ2v) is 6.25. The summed E-state index contributed by atoms with van der Waals surface area (Å²) in [5.41, 5.74) is 2.66. The number of halogens is 2. The lowest BCUT2D eigenvalue weighted by Crippen LogP contribution is -2.00. The van der Waals surface area contributed by atoms with Crippen LogP contribution in [0.3, 0.4) is 0 Å². The molecule has 0 atom stereocenters. The predicted octanol–water partition coefficient (Wildman–Crippen LogP) is 5.58. The summed E-state index contributed by atoms with van der Waals surface area (Å²) in [7, 11) is 0. The average Bonchev–Trinajstić information content (AvgIpc) is 2.68. The van der Waals surface area contributed by atoms with E-state index in [1.165, 1.54) is 18.2 Å². The van der Waals surface area contributed by atoms with Crippen LogP contribution in [0.2, 0.25) is 5.02 Å². The second-order valence-electron chi connectivity index (χ2n) is 5.84. The van der Waals surface area contributed by atoms with E-state index in [-0.39, 0.29) is 10.7 Å². The third kappa shape index (κ3) is 5.18. The molecule has 5 nitrogen and oxygen atoms in total. The van der Waals surface area contributed by atoms with Gasteiger partial charge in [-0.25, -0.2) is 4.39 Å². The van der Waals surface area contributed by atoms with E-state index < -0.39 is 10.7 Å². The summed E-state index contributed by atoms with van der Waals surface area (Å²) in [5.74, 6) is 0.249. The van der Waals surface area contributed by atoms with Crippen LogP contribution in [-0.4, -0.2) is 4.92 Å².